The zero-order valence-corrected chi connectivity index (χ0v) is 33.0. The van der Waals surface area contributed by atoms with E-state index in [2.05, 4.69) is 73.7 Å². The number of para-hydroxylation sites is 3. The summed E-state index contributed by atoms with van der Waals surface area (Å²) >= 11 is 0. The maximum atomic E-state index is 13.4. The molecule has 59 heavy (non-hydrogen) atoms. The molecule has 9 rings (SSSR count). The number of nitrogens with one attached hydrogen (secondary N) is 2. The SMILES string of the molecule is C[C@H]1[C@@H](CN2CCC3(CC2)C(=O)NCN3c2ccccc2)O[C@@H](c2cccc(-c3cccc(CNC(=O)c4cnc5ccccc5n4)c3)c2)O[C@H]1c1ccc(CO)cc1. The number of piperidine rings is 1. The monoisotopic (exact) mass is 788 g/mol. The zero-order chi connectivity index (χ0) is 40.3. The molecule has 1 aromatic heterocycles. The second-order valence-electron chi connectivity index (χ2n) is 15.8. The van der Waals surface area contributed by atoms with Gasteiger partial charge in [0, 0.05) is 43.3 Å². The number of fused-ring (bicyclic) bond motifs is 1. The first-order valence-electron chi connectivity index (χ1n) is 20.4. The van der Waals surface area contributed by atoms with Crippen molar-refractivity contribution in [2.75, 3.05) is 31.2 Å². The zero-order valence-electron chi connectivity index (χ0n) is 33.0. The van der Waals surface area contributed by atoms with Gasteiger partial charge in [0.2, 0.25) is 5.91 Å². The van der Waals surface area contributed by atoms with Crippen molar-refractivity contribution >= 4 is 28.5 Å². The molecule has 0 radical (unpaired) electrons. The highest BCUT2D eigenvalue weighted by Crippen LogP contribution is 2.43. The molecule has 0 aliphatic carbocycles. The molecule has 6 aromatic rings. The highest BCUT2D eigenvalue weighted by molar-refractivity contribution is 5.94. The van der Waals surface area contributed by atoms with E-state index in [-0.39, 0.29) is 42.2 Å². The normalized spacial score (nSPS) is 21.7. The molecule has 3 aliphatic rings. The Labute approximate surface area is 344 Å². The van der Waals surface area contributed by atoms with Gasteiger partial charge in [0.15, 0.2) is 6.29 Å². The van der Waals surface area contributed by atoms with Gasteiger partial charge >= 0.3 is 0 Å². The van der Waals surface area contributed by atoms with Crippen molar-refractivity contribution in [2.24, 2.45) is 5.92 Å². The Morgan fingerprint density at radius 2 is 1.56 bits per heavy atom. The van der Waals surface area contributed by atoms with Gasteiger partial charge in [-0.25, -0.2) is 4.98 Å². The van der Waals surface area contributed by atoms with Crippen molar-refractivity contribution in [3.63, 3.8) is 0 Å². The second kappa shape index (κ2) is 16.7. The van der Waals surface area contributed by atoms with Gasteiger partial charge in [0.05, 0.1) is 42.7 Å². The average Bonchev–Trinajstić information content (AvgIpc) is 3.61. The fourth-order valence-corrected chi connectivity index (χ4v) is 8.79. The van der Waals surface area contributed by atoms with Gasteiger partial charge in [-0.05, 0) is 77.1 Å². The second-order valence-corrected chi connectivity index (χ2v) is 15.8. The summed E-state index contributed by atoms with van der Waals surface area (Å²) < 4.78 is 13.8. The van der Waals surface area contributed by atoms with E-state index in [1.165, 1.54) is 6.20 Å². The number of benzene rings is 5. The number of amides is 2. The van der Waals surface area contributed by atoms with Crippen molar-refractivity contribution in [2.45, 2.75) is 57.0 Å². The predicted molar refractivity (Wildman–Crippen MR) is 226 cm³/mol. The van der Waals surface area contributed by atoms with Crippen LogP contribution in [0.5, 0.6) is 0 Å². The maximum Gasteiger partial charge on any atom is 0.271 e. The molecular weight excluding hydrogens is 741 g/mol. The van der Waals surface area contributed by atoms with Crippen LogP contribution < -0.4 is 15.5 Å². The molecule has 3 fully saturated rings. The smallest absolute Gasteiger partial charge is 0.271 e. The minimum atomic E-state index is -0.630. The first-order valence-corrected chi connectivity index (χ1v) is 20.4. The van der Waals surface area contributed by atoms with Crippen LogP contribution in [-0.4, -0.2) is 69.7 Å². The summed E-state index contributed by atoms with van der Waals surface area (Å²) in [4.78, 5) is 40.0. The lowest BCUT2D eigenvalue weighted by atomic mass is 9.84. The Bertz CT molecular complexity index is 2440. The van der Waals surface area contributed by atoms with E-state index in [1.807, 2.05) is 91.0 Å². The van der Waals surface area contributed by atoms with Crippen molar-refractivity contribution in [1.29, 1.82) is 0 Å². The van der Waals surface area contributed by atoms with Crippen LogP contribution in [0.4, 0.5) is 5.69 Å². The molecule has 3 saturated heterocycles. The fraction of sp³-hybridized carbons (Fsp3) is 0.292. The largest absolute Gasteiger partial charge is 0.392 e. The number of ether oxygens (including phenoxy) is 2. The fourth-order valence-electron chi connectivity index (χ4n) is 8.79. The van der Waals surface area contributed by atoms with Gasteiger partial charge in [-0.15, -0.1) is 0 Å². The summed E-state index contributed by atoms with van der Waals surface area (Å²) in [7, 11) is 0. The van der Waals surface area contributed by atoms with Gasteiger partial charge in [-0.1, -0.05) is 97.9 Å². The molecule has 3 N–H and O–H groups in total. The van der Waals surface area contributed by atoms with Crippen LogP contribution in [0.2, 0.25) is 0 Å². The number of aliphatic hydroxyl groups excluding tert-OH is 1. The van der Waals surface area contributed by atoms with E-state index >= 15 is 0 Å². The van der Waals surface area contributed by atoms with Crippen LogP contribution in [0.1, 0.15) is 64.9 Å². The van der Waals surface area contributed by atoms with Crippen molar-refractivity contribution in [3.05, 3.63) is 162 Å². The molecule has 3 aliphatic heterocycles. The highest BCUT2D eigenvalue weighted by Gasteiger charge is 2.51. The van der Waals surface area contributed by atoms with Crippen molar-refractivity contribution in [1.82, 2.24) is 25.5 Å². The van der Waals surface area contributed by atoms with E-state index in [1.54, 1.807) is 0 Å². The quantitative estimate of drug-likeness (QED) is 0.135. The third kappa shape index (κ3) is 7.94. The first-order chi connectivity index (χ1) is 28.9. The van der Waals surface area contributed by atoms with Crippen LogP contribution in [0.25, 0.3) is 22.2 Å². The lowest BCUT2D eigenvalue weighted by Gasteiger charge is -2.46. The summed E-state index contributed by atoms with van der Waals surface area (Å²) in [5.74, 6) is -0.156. The van der Waals surface area contributed by atoms with Gasteiger partial charge in [0.25, 0.3) is 5.91 Å². The van der Waals surface area contributed by atoms with E-state index < -0.39 is 11.8 Å². The van der Waals surface area contributed by atoms with Gasteiger partial charge in [-0.3, -0.25) is 14.6 Å². The molecule has 0 saturated carbocycles. The average molecular weight is 789 g/mol. The van der Waals surface area contributed by atoms with Crippen LogP contribution in [0.3, 0.4) is 0 Å². The molecule has 300 valence electrons. The lowest BCUT2D eigenvalue weighted by Crippen LogP contribution is -2.57. The highest BCUT2D eigenvalue weighted by atomic mass is 16.7. The Balaban J connectivity index is 0.918. The molecule has 1 spiro atoms. The first kappa shape index (κ1) is 38.5. The number of rotatable bonds is 10. The van der Waals surface area contributed by atoms with Crippen molar-refractivity contribution in [3.8, 4) is 11.1 Å². The van der Waals surface area contributed by atoms with Gasteiger partial charge in [0.1, 0.15) is 11.2 Å². The number of hydrogen-bond donors (Lipinski definition) is 3. The van der Waals surface area contributed by atoms with Crippen LogP contribution in [0.15, 0.2) is 134 Å². The number of likely N-dealkylation sites (tertiary alicyclic amines) is 1. The number of hydrogen-bond acceptors (Lipinski definition) is 9. The molecule has 0 bridgehead atoms. The lowest BCUT2D eigenvalue weighted by molar-refractivity contribution is -0.276. The third-order valence-corrected chi connectivity index (χ3v) is 12.2. The summed E-state index contributed by atoms with van der Waals surface area (Å²) in [6.07, 6.45) is 1.92. The summed E-state index contributed by atoms with van der Waals surface area (Å²) in [6, 6.07) is 42.1. The number of aliphatic hydroxyl groups is 1. The standard InChI is InChI=1S/C48H48N6O5/c1-32-43(29-53-23-21-48(22-24-53)47(57)51-31-54(48)39-13-3-2-4-14-39)58-46(59-44(32)35-19-17-33(30-55)18-20-35)38-12-8-11-37(26-38)36-10-7-9-34(25-36)27-50-45(56)42-28-49-40-15-5-6-16-41(40)52-42/h2-20,25-26,28,32,43-44,46,55H,21-24,27,29-31H2,1H3,(H,50,56)(H,51,57)/t32-,43+,44+,46+/m0/s1. The van der Waals surface area contributed by atoms with Gasteiger partial charge < -0.3 is 35.0 Å². The topological polar surface area (TPSA) is 129 Å². The molecule has 4 heterocycles. The molecule has 11 nitrogen and oxygen atoms in total. The summed E-state index contributed by atoms with van der Waals surface area (Å²) in [6.45, 7) is 5.26. The number of carbonyl (C=O) groups is 2. The Morgan fingerprint density at radius 1 is 0.831 bits per heavy atom. The van der Waals surface area contributed by atoms with Crippen LogP contribution >= 0.6 is 0 Å². The van der Waals surface area contributed by atoms with Crippen molar-refractivity contribution < 1.29 is 24.2 Å². The molecule has 4 atom stereocenters. The molecule has 2 amide bonds. The molecule has 5 aromatic carbocycles. The number of carbonyl (C=O) groups excluding carboxylic acids is 2. The number of aromatic nitrogens is 2. The summed E-state index contributed by atoms with van der Waals surface area (Å²) in [5, 5.41) is 15.9. The maximum absolute atomic E-state index is 13.4. The molecular formula is C48H48N6O5. The van der Waals surface area contributed by atoms with E-state index in [9.17, 15) is 14.7 Å². The molecule has 0 unspecified atom stereocenters. The minimum absolute atomic E-state index is 0.0216. The number of anilines is 1. The van der Waals surface area contributed by atoms with Crippen LogP contribution in [0, 0.1) is 5.92 Å². The van der Waals surface area contributed by atoms with E-state index in [0.29, 0.717) is 25.3 Å². The third-order valence-electron chi connectivity index (χ3n) is 12.2. The van der Waals surface area contributed by atoms with Crippen LogP contribution in [-0.2, 0) is 27.4 Å². The van der Waals surface area contributed by atoms with Gasteiger partial charge in [-0.2, -0.15) is 0 Å². The predicted octanol–water partition coefficient (Wildman–Crippen LogP) is 6.94. The number of nitrogens with zero attached hydrogens (tertiary/aromatic N) is 4. The summed E-state index contributed by atoms with van der Waals surface area (Å²) in [5.41, 5.74) is 7.94. The Kier molecular flexibility index (Phi) is 10.9. The minimum Gasteiger partial charge on any atom is -0.392 e. The molecule has 11 heteroatoms. The Hall–Kier alpha value is -5.98. The van der Waals surface area contributed by atoms with E-state index in [0.717, 1.165) is 70.5 Å². The Morgan fingerprint density at radius 3 is 2.34 bits per heavy atom. The van der Waals surface area contributed by atoms with E-state index in [4.69, 9.17) is 9.47 Å².